The van der Waals surface area contributed by atoms with Crippen molar-refractivity contribution in [2.24, 2.45) is 5.92 Å². The highest BCUT2D eigenvalue weighted by molar-refractivity contribution is 6.42. The van der Waals surface area contributed by atoms with Crippen molar-refractivity contribution >= 4 is 34.8 Å². The van der Waals surface area contributed by atoms with E-state index in [-0.39, 0.29) is 0 Å². The van der Waals surface area contributed by atoms with Crippen LogP contribution in [0, 0.1) is 5.92 Å². The fourth-order valence-corrected chi connectivity index (χ4v) is 4.03. The maximum atomic E-state index is 6.53. The average Bonchev–Trinajstić information content (AvgIpc) is 2.71. The molecule has 2 N–H and O–H groups in total. The van der Waals surface area contributed by atoms with E-state index in [0.29, 0.717) is 39.8 Å². The minimum absolute atomic E-state index is 0.323. The molecule has 0 aliphatic carbocycles. The molecule has 1 aliphatic heterocycles. The lowest BCUT2D eigenvalue weighted by Crippen LogP contribution is -2.33. The maximum Gasteiger partial charge on any atom is 0.180 e. The Morgan fingerprint density at radius 2 is 1.72 bits per heavy atom. The average molecular weight is 458 g/mol. The van der Waals surface area contributed by atoms with Gasteiger partial charge in [0.25, 0.3) is 0 Å². The Bertz CT molecular complexity index is 811. The SMILES string of the molecule is CCOc1cc(CNCC2CCNCC2)cc(Cl)c1OCc1ccc(Cl)c(Cl)c1. The lowest BCUT2D eigenvalue weighted by molar-refractivity contribution is 0.269. The van der Waals surface area contributed by atoms with Gasteiger partial charge in [-0.2, -0.15) is 0 Å². The van der Waals surface area contributed by atoms with Gasteiger partial charge >= 0.3 is 0 Å². The molecule has 1 fully saturated rings. The third-order valence-corrected chi connectivity index (χ3v) is 5.98. The van der Waals surface area contributed by atoms with E-state index < -0.39 is 0 Å². The Labute approximate surface area is 187 Å². The van der Waals surface area contributed by atoms with E-state index in [1.54, 1.807) is 12.1 Å². The first-order valence-corrected chi connectivity index (χ1v) is 11.1. The van der Waals surface area contributed by atoms with E-state index in [2.05, 4.69) is 10.6 Å². The summed E-state index contributed by atoms with van der Waals surface area (Å²) in [5.41, 5.74) is 1.99. The Morgan fingerprint density at radius 1 is 0.966 bits per heavy atom. The number of rotatable bonds is 9. The van der Waals surface area contributed by atoms with Crippen LogP contribution in [0.3, 0.4) is 0 Å². The summed E-state index contributed by atoms with van der Waals surface area (Å²) in [5.74, 6) is 1.92. The number of nitrogens with one attached hydrogen (secondary N) is 2. The molecule has 1 saturated heterocycles. The molecule has 2 aromatic rings. The molecule has 7 heteroatoms. The zero-order valence-corrected chi connectivity index (χ0v) is 18.8. The lowest BCUT2D eigenvalue weighted by Gasteiger charge is -2.23. The van der Waals surface area contributed by atoms with Gasteiger partial charge in [0.05, 0.1) is 21.7 Å². The molecular weight excluding hydrogens is 431 g/mol. The van der Waals surface area contributed by atoms with Gasteiger partial charge in [0.1, 0.15) is 6.61 Å². The van der Waals surface area contributed by atoms with Crippen LogP contribution >= 0.6 is 34.8 Å². The maximum absolute atomic E-state index is 6.53. The first kappa shape index (κ1) is 22.5. The smallest absolute Gasteiger partial charge is 0.180 e. The number of halogens is 3. The van der Waals surface area contributed by atoms with Gasteiger partial charge in [-0.1, -0.05) is 40.9 Å². The summed E-state index contributed by atoms with van der Waals surface area (Å²) >= 11 is 18.6. The van der Waals surface area contributed by atoms with Gasteiger partial charge < -0.3 is 20.1 Å². The summed E-state index contributed by atoms with van der Waals surface area (Å²) in [5, 5.41) is 8.50. The largest absolute Gasteiger partial charge is 0.490 e. The van der Waals surface area contributed by atoms with Gasteiger partial charge in [-0.25, -0.2) is 0 Å². The van der Waals surface area contributed by atoms with E-state index in [4.69, 9.17) is 44.3 Å². The zero-order valence-electron chi connectivity index (χ0n) is 16.6. The highest BCUT2D eigenvalue weighted by atomic mass is 35.5. The molecular formula is C22H27Cl3N2O2. The minimum Gasteiger partial charge on any atom is -0.490 e. The quantitative estimate of drug-likeness (QED) is 0.506. The Morgan fingerprint density at radius 3 is 2.45 bits per heavy atom. The van der Waals surface area contributed by atoms with Crippen molar-refractivity contribution in [1.82, 2.24) is 10.6 Å². The monoisotopic (exact) mass is 456 g/mol. The molecule has 0 atom stereocenters. The number of piperidine rings is 1. The predicted molar refractivity (Wildman–Crippen MR) is 121 cm³/mol. The lowest BCUT2D eigenvalue weighted by atomic mass is 9.98. The van der Waals surface area contributed by atoms with E-state index in [9.17, 15) is 0 Å². The number of ether oxygens (including phenoxy) is 2. The number of benzene rings is 2. The van der Waals surface area contributed by atoms with Crippen molar-refractivity contribution in [2.45, 2.75) is 32.9 Å². The molecule has 1 heterocycles. The van der Waals surface area contributed by atoms with Crippen molar-refractivity contribution < 1.29 is 9.47 Å². The van der Waals surface area contributed by atoms with Crippen LogP contribution in [0.2, 0.25) is 15.1 Å². The normalized spacial score (nSPS) is 14.8. The third kappa shape index (κ3) is 6.66. The molecule has 158 valence electrons. The number of hydrogen-bond donors (Lipinski definition) is 2. The van der Waals surface area contributed by atoms with Crippen LogP contribution in [0.1, 0.15) is 30.9 Å². The van der Waals surface area contributed by atoms with E-state index >= 15 is 0 Å². The van der Waals surface area contributed by atoms with E-state index in [1.807, 2.05) is 25.1 Å². The van der Waals surface area contributed by atoms with Gasteiger partial charge in [0.2, 0.25) is 0 Å². The molecule has 0 amide bonds. The van der Waals surface area contributed by atoms with Gasteiger partial charge in [0, 0.05) is 6.54 Å². The van der Waals surface area contributed by atoms with Crippen molar-refractivity contribution in [3.63, 3.8) is 0 Å². The number of hydrogen-bond acceptors (Lipinski definition) is 4. The Balaban J connectivity index is 1.64. The molecule has 0 saturated carbocycles. The summed E-state index contributed by atoms with van der Waals surface area (Å²) in [4.78, 5) is 0. The zero-order chi connectivity index (χ0) is 20.6. The van der Waals surface area contributed by atoms with Crippen LogP contribution < -0.4 is 20.1 Å². The van der Waals surface area contributed by atoms with Crippen molar-refractivity contribution in [3.8, 4) is 11.5 Å². The molecule has 4 nitrogen and oxygen atoms in total. The second-order valence-corrected chi connectivity index (χ2v) is 8.42. The van der Waals surface area contributed by atoms with Crippen LogP contribution in [-0.2, 0) is 13.2 Å². The Hall–Kier alpha value is -1.17. The van der Waals surface area contributed by atoms with Crippen LogP contribution in [0.25, 0.3) is 0 Å². The molecule has 0 aromatic heterocycles. The molecule has 3 rings (SSSR count). The summed E-state index contributed by atoms with van der Waals surface area (Å²) in [6.07, 6.45) is 2.44. The van der Waals surface area contributed by atoms with Crippen molar-refractivity contribution in [2.75, 3.05) is 26.2 Å². The van der Waals surface area contributed by atoms with E-state index in [1.165, 1.54) is 12.8 Å². The van der Waals surface area contributed by atoms with Crippen LogP contribution in [0.4, 0.5) is 0 Å². The van der Waals surface area contributed by atoms with Gasteiger partial charge in [-0.3, -0.25) is 0 Å². The fraction of sp³-hybridized carbons (Fsp3) is 0.455. The molecule has 1 aliphatic rings. The van der Waals surface area contributed by atoms with Crippen LogP contribution in [0.5, 0.6) is 11.5 Å². The molecule has 29 heavy (non-hydrogen) atoms. The molecule has 0 bridgehead atoms. The van der Waals surface area contributed by atoms with Gasteiger partial charge in [-0.15, -0.1) is 0 Å². The first-order valence-electron chi connectivity index (χ1n) is 10.00. The predicted octanol–water partition coefficient (Wildman–Crippen LogP) is 5.71. The van der Waals surface area contributed by atoms with Crippen LogP contribution in [-0.4, -0.2) is 26.2 Å². The summed E-state index contributed by atoms with van der Waals surface area (Å²) in [6, 6.07) is 9.35. The molecule has 0 unspecified atom stereocenters. The third-order valence-electron chi connectivity index (χ3n) is 4.96. The summed E-state index contributed by atoms with van der Waals surface area (Å²) < 4.78 is 11.8. The molecule has 0 radical (unpaired) electrons. The van der Waals surface area contributed by atoms with Crippen molar-refractivity contribution in [3.05, 3.63) is 56.5 Å². The first-order chi connectivity index (χ1) is 14.1. The Kier molecular flexibility index (Phi) is 8.76. The highest BCUT2D eigenvalue weighted by Crippen LogP contribution is 2.37. The van der Waals surface area contributed by atoms with E-state index in [0.717, 1.165) is 43.2 Å². The molecule has 0 spiro atoms. The van der Waals surface area contributed by atoms with Crippen molar-refractivity contribution in [1.29, 1.82) is 0 Å². The summed E-state index contributed by atoms with van der Waals surface area (Å²) in [6.45, 7) is 6.78. The van der Waals surface area contributed by atoms with Gasteiger partial charge in [-0.05, 0) is 80.7 Å². The summed E-state index contributed by atoms with van der Waals surface area (Å²) in [7, 11) is 0. The van der Waals surface area contributed by atoms with Crippen LogP contribution in [0.15, 0.2) is 30.3 Å². The molecule has 2 aromatic carbocycles. The topological polar surface area (TPSA) is 42.5 Å². The second-order valence-electron chi connectivity index (χ2n) is 7.20. The highest BCUT2D eigenvalue weighted by Gasteiger charge is 2.15. The minimum atomic E-state index is 0.323. The fourth-order valence-electron chi connectivity index (χ4n) is 3.42. The van der Waals surface area contributed by atoms with Gasteiger partial charge in [0.15, 0.2) is 11.5 Å². The second kappa shape index (κ2) is 11.3. The standard InChI is InChI=1S/C22H27Cl3N2O2/c1-2-28-21-11-17(13-27-12-15-5-7-26-8-6-15)10-20(25)22(21)29-14-16-3-4-18(23)19(24)9-16/h3-4,9-11,15,26-27H,2,5-8,12-14H2,1H3.